The van der Waals surface area contributed by atoms with Crippen molar-refractivity contribution in [3.63, 3.8) is 0 Å². The van der Waals surface area contributed by atoms with Crippen LogP contribution in [0, 0.1) is 0 Å². The normalized spacial score (nSPS) is 10.9. The van der Waals surface area contributed by atoms with Crippen LogP contribution in [-0.4, -0.2) is 32.8 Å². The maximum Gasteiger partial charge on any atom is 0.316 e. The van der Waals surface area contributed by atoms with Gasteiger partial charge in [0.2, 0.25) is 0 Å². The molecule has 0 fully saturated rings. The highest BCUT2D eigenvalue weighted by Crippen LogP contribution is 2.09. The molecular weight excluding hydrogens is 380 g/mol. The zero-order valence-electron chi connectivity index (χ0n) is 15.4. The van der Waals surface area contributed by atoms with Crippen molar-refractivity contribution in [2.45, 2.75) is 18.7 Å². The van der Waals surface area contributed by atoms with Crippen molar-refractivity contribution in [3.05, 3.63) is 65.7 Å². The number of carbonyl (C=O) groups excluding carboxylic acids is 2. The average Bonchev–Trinajstić information content (AvgIpc) is 2.65. The third-order valence-electron chi connectivity index (χ3n) is 3.82. The Bertz CT molecular complexity index is 884. The van der Waals surface area contributed by atoms with Crippen LogP contribution in [0.4, 0.5) is 15.3 Å². The van der Waals surface area contributed by atoms with Gasteiger partial charge in [-0.05, 0) is 29.7 Å². The molecule has 0 heterocycles. The first-order valence-electron chi connectivity index (χ1n) is 8.75. The number of hydrogen-bond acceptors (Lipinski definition) is 4. The van der Waals surface area contributed by atoms with Crippen LogP contribution in [0.15, 0.2) is 54.6 Å². The zero-order valence-corrected chi connectivity index (χ0v) is 16.2. The van der Waals surface area contributed by atoms with Gasteiger partial charge in [0, 0.05) is 18.8 Å². The van der Waals surface area contributed by atoms with Crippen LogP contribution < -0.4 is 21.7 Å². The number of hydrogen-bond donors (Lipinski definition) is 4. The Hall–Kier alpha value is -3.07. The maximum absolute atomic E-state index is 12.1. The summed E-state index contributed by atoms with van der Waals surface area (Å²) in [6.07, 6.45) is 0.343. The van der Waals surface area contributed by atoms with Gasteiger partial charge in [-0.1, -0.05) is 42.5 Å². The van der Waals surface area contributed by atoms with E-state index in [1.165, 1.54) is 0 Å². The third-order valence-corrected chi connectivity index (χ3v) is 5.51. The first-order valence-corrected chi connectivity index (χ1v) is 10.6. The number of sulfone groups is 1. The van der Waals surface area contributed by atoms with Gasteiger partial charge in [-0.25, -0.2) is 18.0 Å². The van der Waals surface area contributed by atoms with E-state index in [0.29, 0.717) is 18.7 Å². The van der Waals surface area contributed by atoms with Crippen molar-refractivity contribution in [2.24, 2.45) is 5.73 Å². The Morgan fingerprint density at radius 3 is 2.21 bits per heavy atom. The lowest BCUT2D eigenvalue weighted by Gasteiger charge is -2.09. The molecule has 0 aliphatic carbocycles. The lowest BCUT2D eigenvalue weighted by Crippen LogP contribution is -2.36. The number of benzene rings is 2. The van der Waals surface area contributed by atoms with Gasteiger partial charge in [-0.3, -0.25) is 0 Å². The maximum atomic E-state index is 12.1. The fraction of sp³-hybridized carbons (Fsp3) is 0.263. The summed E-state index contributed by atoms with van der Waals surface area (Å²) in [6.45, 7) is 0.566. The Balaban J connectivity index is 1.65. The smallest absolute Gasteiger partial charge is 0.316 e. The summed E-state index contributed by atoms with van der Waals surface area (Å²) in [5.41, 5.74) is 7.20. The van der Waals surface area contributed by atoms with E-state index >= 15 is 0 Å². The highest BCUT2D eigenvalue weighted by molar-refractivity contribution is 7.90. The average molecular weight is 404 g/mol. The van der Waals surface area contributed by atoms with Crippen LogP contribution in [0.3, 0.4) is 0 Å². The molecule has 0 aliphatic rings. The molecule has 0 aromatic heterocycles. The second kappa shape index (κ2) is 10.3. The van der Waals surface area contributed by atoms with E-state index < -0.39 is 15.9 Å². The van der Waals surface area contributed by atoms with Gasteiger partial charge < -0.3 is 21.7 Å². The molecule has 150 valence electrons. The summed E-state index contributed by atoms with van der Waals surface area (Å²) in [5.74, 6) is 0.0111. The van der Waals surface area contributed by atoms with E-state index in [9.17, 15) is 18.0 Å². The Morgan fingerprint density at radius 1 is 0.893 bits per heavy atom. The van der Waals surface area contributed by atoms with Crippen molar-refractivity contribution in [1.82, 2.24) is 10.6 Å². The fourth-order valence-electron chi connectivity index (χ4n) is 2.49. The summed E-state index contributed by atoms with van der Waals surface area (Å²) in [7, 11) is -3.21. The molecule has 28 heavy (non-hydrogen) atoms. The van der Waals surface area contributed by atoms with Crippen LogP contribution in [0.25, 0.3) is 0 Å². The first kappa shape index (κ1) is 21.2. The van der Waals surface area contributed by atoms with Gasteiger partial charge in [0.25, 0.3) is 0 Å². The molecule has 0 atom stereocenters. The molecule has 2 aromatic rings. The molecule has 0 unspecified atom stereocenters. The van der Waals surface area contributed by atoms with Crippen LogP contribution in [-0.2, 0) is 22.1 Å². The molecule has 0 saturated carbocycles. The van der Waals surface area contributed by atoms with E-state index in [-0.39, 0.29) is 24.1 Å². The molecule has 0 spiro atoms. The van der Waals surface area contributed by atoms with Crippen LogP contribution in [0.1, 0.15) is 17.5 Å². The number of amides is 4. The molecule has 0 bridgehead atoms. The van der Waals surface area contributed by atoms with E-state index in [0.717, 1.165) is 11.1 Å². The van der Waals surface area contributed by atoms with Gasteiger partial charge in [-0.2, -0.15) is 0 Å². The van der Waals surface area contributed by atoms with Crippen molar-refractivity contribution in [1.29, 1.82) is 0 Å². The highest BCUT2D eigenvalue weighted by Gasteiger charge is 2.11. The van der Waals surface area contributed by atoms with E-state index in [4.69, 9.17) is 5.73 Å². The highest BCUT2D eigenvalue weighted by atomic mass is 32.2. The number of nitrogens with two attached hydrogens (primary N) is 1. The van der Waals surface area contributed by atoms with Crippen LogP contribution >= 0.6 is 0 Å². The number of primary amides is 1. The predicted octanol–water partition coefficient (Wildman–Crippen LogP) is 1.98. The molecule has 4 amide bonds. The molecule has 9 heteroatoms. The van der Waals surface area contributed by atoms with Crippen LogP contribution in [0.2, 0.25) is 0 Å². The zero-order chi connectivity index (χ0) is 20.4. The molecule has 0 aliphatic heterocycles. The summed E-state index contributed by atoms with van der Waals surface area (Å²) in [5, 5.41) is 7.77. The Morgan fingerprint density at radius 2 is 1.57 bits per heavy atom. The minimum atomic E-state index is -3.21. The quantitative estimate of drug-likeness (QED) is 0.476. The lowest BCUT2D eigenvalue weighted by atomic mass is 10.2. The molecule has 2 rings (SSSR count). The summed E-state index contributed by atoms with van der Waals surface area (Å²) >= 11 is 0. The molecule has 2 aromatic carbocycles. The summed E-state index contributed by atoms with van der Waals surface area (Å²) < 4.78 is 24.2. The number of anilines is 1. The van der Waals surface area contributed by atoms with E-state index in [2.05, 4.69) is 16.0 Å². The first-order chi connectivity index (χ1) is 13.3. The molecule has 5 N–H and O–H groups in total. The van der Waals surface area contributed by atoms with Crippen molar-refractivity contribution >= 4 is 27.6 Å². The Kier molecular flexibility index (Phi) is 7.82. The van der Waals surface area contributed by atoms with Gasteiger partial charge >= 0.3 is 12.1 Å². The van der Waals surface area contributed by atoms with Crippen molar-refractivity contribution in [2.75, 3.05) is 17.6 Å². The second-order valence-corrected chi connectivity index (χ2v) is 8.41. The number of nitrogens with one attached hydrogen (secondary N) is 3. The topological polar surface area (TPSA) is 130 Å². The van der Waals surface area contributed by atoms with E-state index in [1.807, 2.05) is 6.07 Å². The number of rotatable bonds is 9. The standard InChI is InChI=1S/C19H24N4O4S/c20-18(24)23-17-9-7-15(8-10-17)13-22-19(25)21-11-4-12-28(26,27)14-16-5-2-1-3-6-16/h1-3,5-10H,4,11-14H2,(H3,20,23,24)(H2,21,22,25). The van der Waals surface area contributed by atoms with Gasteiger partial charge in [0.1, 0.15) is 0 Å². The predicted molar refractivity (Wildman–Crippen MR) is 108 cm³/mol. The molecule has 8 nitrogen and oxygen atoms in total. The molecule has 0 radical (unpaired) electrons. The Labute approximate surface area is 164 Å². The fourth-order valence-corrected chi connectivity index (χ4v) is 3.92. The number of carbonyl (C=O) groups is 2. The lowest BCUT2D eigenvalue weighted by molar-refractivity contribution is 0.240. The van der Waals surface area contributed by atoms with Crippen molar-refractivity contribution in [3.8, 4) is 0 Å². The SMILES string of the molecule is NC(=O)Nc1ccc(CNC(=O)NCCCS(=O)(=O)Cc2ccccc2)cc1. The second-order valence-electron chi connectivity index (χ2n) is 6.23. The van der Waals surface area contributed by atoms with Gasteiger partial charge in [-0.15, -0.1) is 0 Å². The monoisotopic (exact) mass is 404 g/mol. The van der Waals surface area contributed by atoms with Gasteiger partial charge in [0.05, 0.1) is 11.5 Å². The largest absolute Gasteiger partial charge is 0.351 e. The minimum Gasteiger partial charge on any atom is -0.351 e. The van der Waals surface area contributed by atoms with E-state index in [1.54, 1.807) is 48.5 Å². The summed E-state index contributed by atoms with van der Waals surface area (Å²) in [4.78, 5) is 22.6. The molecular formula is C19H24N4O4S. The third kappa shape index (κ3) is 8.09. The summed E-state index contributed by atoms with van der Waals surface area (Å²) in [6, 6.07) is 14.8. The number of urea groups is 2. The minimum absolute atomic E-state index is 0.000637. The van der Waals surface area contributed by atoms with Crippen molar-refractivity contribution < 1.29 is 18.0 Å². The van der Waals surface area contributed by atoms with Gasteiger partial charge in [0.15, 0.2) is 9.84 Å². The van der Waals surface area contributed by atoms with Crippen LogP contribution in [0.5, 0.6) is 0 Å². The molecule has 0 saturated heterocycles.